The Balaban J connectivity index is 1.61. The summed E-state index contributed by atoms with van der Waals surface area (Å²) in [5.74, 6) is 1.53. The molecular formula is C21H31N5. The third-order valence-corrected chi connectivity index (χ3v) is 5.38. The first-order valence-corrected chi connectivity index (χ1v) is 9.40. The van der Waals surface area contributed by atoms with Crippen molar-refractivity contribution in [2.24, 2.45) is 12.0 Å². The molecule has 1 aromatic carbocycles. The summed E-state index contributed by atoms with van der Waals surface area (Å²) in [6, 6.07) is 8.78. The van der Waals surface area contributed by atoms with Crippen molar-refractivity contribution in [3.8, 4) is 0 Å². The molecule has 5 nitrogen and oxygen atoms in total. The van der Waals surface area contributed by atoms with Crippen molar-refractivity contribution >= 4 is 5.96 Å². The van der Waals surface area contributed by atoms with Crippen molar-refractivity contribution in [2.75, 3.05) is 26.7 Å². The van der Waals surface area contributed by atoms with Crippen LogP contribution in [0.3, 0.4) is 0 Å². The van der Waals surface area contributed by atoms with Crippen LogP contribution in [0.4, 0.5) is 0 Å². The van der Waals surface area contributed by atoms with Crippen molar-refractivity contribution in [2.45, 2.75) is 38.5 Å². The van der Waals surface area contributed by atoms with Gasteiger partial charge in [-0.2, -0.15) is 5.10 Å². The molecule has 2 aromatic rings. The first-order valence-electron chi connectivity index (χ1n) is 9.40. The molecule has 26 heavy (non-hydrogen) atoms. The number of hydrogen-bond acceptors (Lipinski definition) is 2. The highest BCUT2D eigenvalue weighted by Gasteiger charge is 2.28. The van der Waals surface area contributed by atoms with Crippen molar-refractivity contribution in [3.63, 3.8) is 0 Å². The molecule has 1 atom stereocenters. The van der Waals surface area contributed by atoms with Crippen LogP contribution in [0.5, 0.6) is 0 Å². The summed E-state index contributed by atoms with van der Waals surface area (Å²) in [5.41, 5.74) is 4.03. The Morgan fingerprint density at radius 3 is 2.85 bits per heavy atom. The molecule has 1 saturated heterocycles. The Hall–Kier alpha value is -2.30. The zero-order valence-corrected chi connectivity index (χ0v) is 16.7. The number of hydrogen-bond donors (Lipinski definition) is 1. The summed E-state index contributed by atoms with van der Waals surface area (Å²) < 4.78 is 1.88. The second-order valence-corrected chi connectivity index (χ2v) is 8.03. The minimum absolute atomic E-state index is 0.0461. The number of aliphatic imine (C=N–C) groups is 1. The fraction of sp³-hybridized carbons (Fsp3) is 0.524. The van der Waals surface area contributed by atoms with Crippen molar-refractivity contribution < 1.29 is 0 Å². The molecule has 1 aliphatic rings. The summed E-state index contributed by atoms with van der Waals surface area (Å²) in [6.07, 6.45) is 5.27. The maximum Gasteiger partial charge on any atom is 0.193 e. The third kappa shape index (κ3) is 4.09. The van der Waals surface area contributed by atoms with E-state index in [1.54, 1.807) is 0 Å². The number of nitrogens with one attached hydrogen (secondary N) is 1. The predicted molar refractivity (Wildman–Crippen MR) is 108 cm³/mol. The molecular weight excluding hydrogens is 322 g/mol. The lowest BCUT2D eigenvalue weighted by Gasteiger charge is -2.29. The SMILES string of the molecule is CN=C(NCC(C)(C)c1cccc(C)c1)N1CCC(c2cnn(C)c2)C1. The van der Waals surface area contributed by atoms with E-state index in [2.05, 4.69) is 71.5 Å². The minimum atomic E-state index is 0.0461. The van der Waals surface area contributed by atoms with Crippen LogP contribution >= 0.6 is 0 Å². The van der Waals surface area contributed by atoms with Gasteiger partial charge in [-0.05, 0) is 24.5 Å². The molecule has 1 aromatic heterocycles. The first-order chi connectivity index (χ1) is 12.4. The lowest BCUT2D eigenvalue weighted by Crippen LogP contribution is -2.45. The molecule has 1 aliphatic heterocycles. The molecule has 0 bridgehead atoms. The van der Waals surface area contributed by atoms with E-state index >= 15 is 0 Å². The lowest BCUT2D eigenvalue weighted by atomic mass is 9.84. The van der Waals surface area contributed by atoms with E-state index in [4.69, 9.17) is 0 Å². The van der Waals surface area contributed by atoms with E-state index in [0.29, 0.717) is 5.92 Å². The van der Waals surface area contributed by atoms with Gasteiger partial charge in [0.2, 0.25) is 0 Å². The summed E-state index contributed by atoms with van der Waals surface area (Å²) in [4.78, 5) is 6.89. The van der Waals surface area contributed by atoms with Gasteiger partial charge in [0.15, 0.2) is 5.96 Å². The number of aromatic nitrogens is 2. The van der Waals surface area contributed by atoms with E-state index in [-0.39, 0.29) is 5.41 Å². The zero-order valence-electron chi connectivity index (χ0n) is 16.7. The average Bonchev–Trinajstić information content (AvgIpc) is 3.24. The van der Waals surface area contributed by atoms with Crippen molar-refractivity contribution in [3.05, 3.63) is 53.3 Å². The van der Waals surface area contributed by atoms with Gasteiger partial charge in [0, 0.05) is 51.3 Å². The molecule has 140 valence electrons. The largest absolute Gasteiger partial charge is 0.355 e. The topological polar surface area (TPSA) is 45.5 Å². The van der Waals surface area contributed by atoms with Crippen molar-refractivity contribution in [1.82, 2.24) is 20.0 Å². The smallest absolute Gasteiger partial charge is 0.193 e. The second kappa shape index (κ2) is 7.52. The van der Waals surface area contributed by atoms with Gasteiger partial charge in [-0.3, -0.25) is 9.67 Å². The molecule has 1 unspecified atom stereocenters. The van der Waals surface area contributed by atoms with Gasteiger partial charge in [-0.15, -0.1) is 0 Å². The second-order valence-electron chi connectivity index (χ2n) is 8.03. The van der Waals surface area contributed by atoms with Crippen molar-refractivity contribution in [1.29, 1.82) is 0 Å². The van der Waals surface area contributed by atoms with Gasteiger partial charge >= 0.3 is 0 Å². The quantitative estimate of drug-likeness (QED) is 0.679. The Bertz CT molecular complexity index is 774. The van der Waals surface area contributed by atoms with Crippen LogP contribution in [0.2, 0.25) is 0 Å². The molecule has 0 amide bonds. The summed E-state index contributed by atoms with van der Waals surface area (Å²) in [5, 5.41) is 7.91. The van der Waals surface area contributed by atoms with Crippen LogP contribution < -0.4 is 5.32 Å². The van der Waals surface area contributed by atoms with Crippen LogP contribution in [-0.2, 0) is 12.5 Å². The van der Waals surface area contributed by atoms with E-state index in [9.17, 15) is 0 Å². The van der Waals surface area contributed by atoms with Crippen LogP contribution in [0.1, 0.15) is 42.9 Å². The van der Waals surface area contributed by atoms with Gasteiger partial charge in [-0.1, -0.05) is 43.7 Å². The van der Waals surface area contributed by atoms with E-state index in [0.717, 1.165) is 32.0 Å². The number of nitrogens with zero attached hydrogens (tertiary/aromatic N) is 4. The number of likely N-dealkylation sites (tertiary alicyclic amines) is 1. The molecule has 1 fully saturated rings. The third-order valence-electron chi connectivity index (χ3n) is 5.38. The average molecular weight is 354 g/mol. The van der Waals surface area contributed by atoms with Gasteiger partial charge in [-0.25, -0.2) is 0 Å². The minimum Gasteiger partial charge on any atom is -0.355 e. The molecule has 5 heteroatoms. The lowest BCUT2D eigenvalue weighted by molar-refractivity contribution is 0.454. The molecule has 1 N–H and O–H groups in total. The summed E-state index contributed by atoms with van der Waals surface area (Å²) in [7, 11) is 3.85. The van der Waals surface area contributed by atoms with Crippen LogP contribution in [-0.4, -0.2) is 47.3 Å². The van der Waals surface area contributed by atoms with E-state index < -0.39 is 0 Å². The summed E-state index contributed by atoms with van der Waals surface area (Å²) in [6.45, 7) is 9.60. The monoisotopic (exact) mass is 353 g/mol. The molecule has 0 spiro atoms. The number of guanidine groups is 1. The van der Waals surface area contributed by atoms with E-state index in [1.165, 1.54) is 16.7 Å². The first kappa shape index (κ1) is 18.5. The van der Waals surface area contributed by atoms with E-state index in [1.807, 2.05) is 25.0 Å². The Kier molecular flexibility index (Phi) is 5.35. The summed E-state index contributed by atoms with van der Waals surface area (Å²) >= 11 is 0. The van der Waals surface area contributed by atoms with Crippen LogP contribution in [0.15, 0.2) is 41.7 Å². The standard InChI is InChI=1S/C21H31N5/c1-16-7-6-8-19(11-16)21(2,3)15-23-20(22-4)26-10-9-17(14-26)18-12-24-25(5)13-18/h6-8,11-13,17H,9-10,14-15H2,1-5H3,(H,22,23). The Morgan fingerprint density at radius 1 is 1.38 bits per heavy atom. The maximum absolute atomic E-state index is 4.53. The molecule has 0 radical (unpaired) electrons. The van der Waals surface area contributed by atoms with Gasteiger partial charge < -0.3 is 10.2 Å². The van der Waals surface area contributed by atoms with Crippen LogP contribution in [0, 0.1) is 6.92 Å². The fourth-order valence-electron chi connectivity index (χ4n) is 3.68. The molecule has 0 saturated carbocycles. The highest BCUT2D eigenvalue weighted by molar-refractivity contribution is 5.80. The zero-order chi connectivity index (χ0) is 18.7. The highest BCUT2D eigenvalue weighted by atomic mass is 15.3. The van der Waals surface area contributed by atoms with Gasteiger partial charge in [0.25, 0.3) is 0 Å². The van der Waals surface area contributed by atoms with Gasteiger partial charge in [0.05, 0.1) is 6.20 Å². The van der Waals surface area contributed by atoms with Crippen LogP contribution in [0.25, 0.3) is 0 Å². The number of rotatable bonds is 4. The Morgan fingerprint density at radius 2 is 2.19 bits per heavy atom. The molecule has 0 aliphatic carbocycles. The normalized spacial score (nSPS) is 18.4. The number of benzene rings is 1. The Labute approximate surface area is 157 Å². The molecule has 3 rings (SSSR count). The van der Waals surface area contributed by atoms with Gasteiger partial charge in [0.1, 0.15) is 0 Å². The molecule has 2 heterocycles. The maximum atomic E-state index is 4.53. The number of aryl methyl sites for hydroxylation is 2. The highest BCUT2D eigenvalue weighted by Crippen LogP contribution is 2.27. The predicted octanol–water partition coefficient (Wildman–Crippen LogP) is 3.07. The fourth-order valence-corrected chi connectivity index (χ4v) is 3.68.